The number of hydrogen-bond donors (Lipinski definition) is 1. The van der Waals surface area contributed by atoms with Crippen molar-refractivity contribution in [2.45, 2.75) is 20.1 Å². The van der Waals surface area contributed by atoms with E-state index in [1.54, 1.807) is 19.1 Å². The van der Waals surface area contributed by atoms with Crippen molar-refractivity contribution in [1.29, 1.82) is 5.26 Å². The number of nitrogens with two attached hydrogens (primary N) is 1. The van der Waals surface area contributed by atoms with Gasteiger partial charge in [0.15, 0.2) is 0 Å². The van der Waals surface area contributed by atoms with Crippen LogP contribution in [0.4, 0.5) is 5.00 Å². The van der Waals surface area contributed by atoms with E-state index in [0.29, 0.717) is 0 Å². The van der Waals surface area contributed by atoms with Crippen molar-refractivity contribution >= 4 is 28.3 Å². The van der Waals surface area contributed by atoms with E-state index in [0.717, 1.165) is 11.3 Å². The summed E-state index contributed by atoms with van der Waals surface area (Å²) in [7, 11) is 0. The maximum absolute atomic E-state index is 12.0. The number of rotatable bonds is 6. The average Bonchev–Trinajstić information content (AvgIpc) is 2.91. The molecule has 2 rings (SSSR count). The van der Waals surface area contributed by atoms with E-state index in [1.807, 2.05) is 6.07 Å². The molecule has 0 fully saturated rings. The maximum Gasteiger partial charge on any atom is 0.348 e. The average molecular weight is 361 g/mol. The summed E-state index contributed by atoms with van der Waals surface area (Å²) in [4.78, 5) is 35.6. The van der Waals surface area contributed by atoms with Crippen LogP contribution in [0.5, 0.6) is 0 Å². The van der Waals surface area contributed by atoms with Crippen molar-refractivity contribution in [2.24, 2.45) is 0 Å². The first-order chi connectivity index (χ1) is 12.0. The molecule has 0 saturated heterocycles. The molecule has 0 amide bonds. The Morgan fingerprint density at radius 3 is 2.76 bits per heavy atom. The lowest BCUT2D eigenvalue weighted by molar-refractivity contribution is -0.145. The monoisotopic (exact) mass is 361 g/mol. The molecule has 0 aliphatic rings. The van der Waals surface area contributed by atoms with Gasteiger partial charge in [-0.1, -0.05) is 6.07 Å². The van der Waals surface area contributed by atoms with Crippen LogP contribution in [0, 0.1) is 11.3 Å². The summed E-state index contributed by atoms with van der Waals surface area (Å²) in [6, 6.07) is 6.38. The lowest BCUT2D eigenvalue weighted by Crippen LogP contribution is -2.24. The van der Waals surface area contributed by atoms with E-state index in [2.05, 4.69) is 0 Å². The molecule has 0 saturated carbocycles. The van der Waals surface area contributed by atoms with Gasteiger partial charge < -0.3 is 19.8 Å². The van der Waals surface area contributed by atoms with E-state index in [9.17, 15) is 19.6 Å². The van der Waals surface area contributed by atoms with Crippen LogP contribution in [0.3, 0.4) is 0 Å². The number of esters is 2. The van der Waals surface area contributed by atoms with E-state index < -0.39 is 11.9 Å². The highest BCUT2D eigenvalue weighted by Crippen LogP contribution is 2.31. The molecule has 0 radical (unpaired) electrons. The van der Waals surface area contributed by atoms with Gasteiger partial charge in [-0.2, -0.15) is 5.26 Å². The normalized spacial score (nSPS) is 10.1. The Morgan fingerprint density at radius 2 is 2.12 bits per heavy atom. The second-order valence-electron chi connectivity index (χ2n) is 4.81. The van der Waals surface area contributed by atoms with Gasteiger partial charge in [0.2, 0.25) is 0 Å². The van der Waals surface area contributed by atoms with Crippen molar-refractivity contribution < 1.29 is 19.1 Å². The summed E-state index contributed by atoms with van der Waals surface area (Å²) in [5, 5.41) is 9.35. The molecule has 0 aliphatic heterocycles. The van der Waals surface area contributed by atoms with E-state index >= 15 is 0 Å². The number of hydrogen-bond acceptors (Lipinski definition) is 8. The second kappa shape index (κ2) is 8.12. The molecule has 130 valence electrons. The predicted molar refractivity (Wildman–Crippen MR) is 89.9 cm³/mol. The lowest BCUT2D eigenvalue weighted by Gasteiger charge is -2.08. The van der Waals surface area contributed by atoms with Crippen LogP contribution in [0.1, 0.15) is 27.7 Å². The first-order valence-electron chi connectivity index (χ1n) is 7.27. The Hall–Kier alpha value is -3.12. The molecule has 0 bridgehead atoms. The van der Waals surface area contributed by atoms with Crippen LogP contribution in [0.15, 0.2) is 29.2 Å². The van der Waals surface area contributed by atoms with Crippen LogP contribution in [-0.2, 0) is 27.4 Å². The topological polar surface area (TPSA) is 124 Å². The SMILES string of the molecule is CCOC(=O)c1sc(N)c(C#N)c1COC(=O)Cn1ccccc1=O. The Bertz CT molecular complexity index is 894. The van der Waals surface area contributed by atoms with Crippen molar-refractivity contribution in [2.75, 3.05) is 12.3 Å². The van der Waals surface area contributed by atoms with E-state index in [1.165, 1.54) is 16.8 Å². The van der Waals surface area contributed by atoms with Crippen molar-refractivity contribution in [3.05, 3.63) is 50.8 Å². The molecule has 8 nitrogen and oxygen atoms in total. The molecule has 2 aromatic rings. The molecule has 0 aliphatic carbocycles. The minimum Gasteiger partial charge on any atom is -0.462 e. The molecular weight excluding hydrogens is 346 g/mol. The zero-order chi connectivity index (χ0) is 18.4. The number of carbonyl (C=O) groups is 2. The van der Waals surface area contributed by atoms with Gasteiger partial charge in [-0.05, 0) is 13.0 Å². The molecule has 0 spiro atoms. The molecule has 2 heterocycles. The number of thiophene rings is 1. The summed E-state index contributed by atoms with van der Waals surface area (Å²) in [6.07, 6.45) is 1.46. The van der Waals surface area contributed by atoms with Crippen LogP contribution >= 0.6 is 11.3 Å². The molecule has 2 aromatic heterocycles. The minimum absolute atomic E-state index is 0.0812. The summed E-state index contributed by atoms with van der Waals surface area (Å²) in [5.41, 5.74) is 5.68. The number of carbonyl (C=O) groups excluding carboxylic acids is 2. The first kappa shape index (κ1) is 18.2. The summed E-state index contributed by atoms with van der Waals surface area (Å²) >= 11 is 0.906. The van der Waals surface area contributed by atoms with Crippen LogP contribution in [0.2, 0.25) is 0 Å². The van der Waals surface area contributed by atoms with Gasteiger partial charge in [0, 0.05) is 17.8 Å². The van der Waals surface area contributed by atoms with Crippen LogP contribution < -0.4 is 11.3 Å². The summed E-state index contributed by atoms with van der Waals surface area (Å²) in [5.74, 6) is -1.32. The number of aromatic nitrogens is 1. The van der Waals surface area contributed by atoms with E-state index in [-0.39, 0.29) is 46.3 Å². The molecule has 9 heteroatoms. The van der Waals surface area contributed by atoms with Gasteiger partial charge in [0.05, 0.1) is 12.2 Å². The van der Waals surface area contributed by atoms with Crippen LogP contribution in [-0.4, -0.2) is 23.1 Å². The fourth-order valence-corrected chi connectivity index (χ4v) is 2.95. The number of nitrogen functional groups attached to an aromatic ring is 1. The van der Waals surface area contributed by atoms with Gasteiger partial charge in [-0.15, -0.1) is 11.3 Å². The fourth-order valence-electron chi connectivity index (χ4n) is 2.04. The predicted octanol–water partition coefficient (Wildman–Crippen LogP) is 1.28. The smallest absolute Gasteiger partial charge is 0.348 e. The number of ether oxygens (including phenoxy) is 2. The Morgan fingerprint density at radius 1 is 1.36 bits per heavy atom. The van der Waals surface area contributed by atoms with E-state index in [4.69, 9.17) is 15.2 Å². The highest BCUT2D eigenvalue weighted by Gasteiger charge is 2.23. The van der Waals surface area contributed by atoms with Gasteiger partial charge in [-0.25, -0.2) is 4.79 Å². The van der Waals surface area contributed by atoms with Gasteiger partial charge in [0.25, 0.3) is 5.56 Å². The maximum atomic E-state index is 12.0. The third-order valence-electron chi connectivity index (χ3n) is 3.18. The van der Waals surface area contributed by atoms with Gasteiger partial charge in [0.1, 0.15) is 29.1 Å². The highest BCUT2D eigenvalue weighted by atomic mass is 32.1. The molecule has 0 unspecified atom stereocenters. The molecule has 0 atom stereocenters. The standard InChI is InChI=1S/C16H15N3O5S/c1-2-23-16(22)14-11(10(7-17)15(18)25-14)9-24-13(21)8-19-6-4-3-5-12(19)20/h3-6H,2,8-9,18H2,1H3. The molecule has 25 heavy (non-hydrogen) atoms. The zero-order valence-corrected chi connectivity index (χ0v) is 14.2. The zero-order valence-electron chi connectivity index (χ0n) is 13.4. The number of pyridine rings is 1. The third kappa shape index (κ3) is 4.24. The Kier molecular flexibility index (Phi) is 5.92. The van der Waals surface area contributed by atoms with Crippen molar-refractivity contribution in [1.82, 2.24) is 4.57 Å². The molecular formula is C16H15N3O5S. The van der Waals surface area contributed by atoms with Gasteiger partial charge in [-0.3, -0.25) is 9.59 Å². The Labute approximate surface area is 147 Å². The Balaban J connectivity index is 2.15. The largest absolute Gasteiger partial charge is 0.462 e. The highest BCUT2D eigenvalue weighted by molar-refractivity contribution is 7.18. The second-order valence-corrected chi connectivity index (χ2v) is 5.86. The third-order valence-corrected chi connectivity index (χ3v) is 4.22. The first-order valence-corrected chi connectivity index (χ1v) is 8.09. The molecule has 2 N–H and O–H groups in total. The van der Waals surface area contributed by atoms with Gasteiger partial charge >= 0.3 is 11.9 Å². The molecule has 0 aromatic carbocycles. The lowest BCUT2D eigenvalue weighted by atomic mass is 10.1. The summed E-state index contributed by atoms with van der Waals surface area (Å²) in [6.45, 7) is 1.22. The van der Waals surface area contributed by atoms with Crippen molar-refractivity contribution in [3.8, 4) is 6.07 Å². The number of anilines is 1. The minimum atomic E-state index is -0.684. The summed E-state index contributed by atoms with van der Waals surface area (Å²) < 4.78 is 11.2. The van der Waals surface area contributed by atoms with Crippen LogP contribution in [0.25, 0.3) is 0 Å². The van der Waals surface area contributed by atoms with Crippen molar-refractivity contribution in [3.63, 3.8) is 0 Å². The quantitative estimate of drug-likeness (QED) is 0.768. The number of nitriles is 1. The fraction of sp³-hybridized carbons (Fsp3) is 0.250. The number of nitrogens with zero attached hydrogens (tertiary/aromatic N) is 2.